The van der Waals surface area contributed by atoms with E-state index in [0.29, 0.717) is 16.7 Å². The molecule has 2 aromatic heterocycles. The van der Waals surface area contributed by atoms with Crippen LogP contribution in [0.15, 0.2) is 78.2 Å². The monoisotopic (exact) mass is 476 g/mol. The normalized spacial score (nSPS) is 11.6. The summed E-state index contributed by atoms with van der Waals surface area (Å²) in [6.07, 6.45) is 3.35. The molecule has 1 N–H and O–H groups in total. The summed E-state index contributed by atoms with van der Waals surface area (Å²) in [4.78, 5) is 27.6. The Morgan fingerprint density at radius 1 is 1.12 bits per heavy atom. The molecule has 0 fully saturated rings. The van der Waals surface area contributed by atoms with Crippen molar-refractivity contribution in [1.82, 2.24) is 19.7 Å². The van der Waals surface area contributed by atoms with E-state index in [-0.39, 0.29) is 17.3 Å². The molecule has 4 aromatic rings. The molecule has 0 aliphatic carbocycles. The van der Waals surface area contributed by atoms with Gasteiger partial charge in [0, 0.05) is 35.8 Å². The van der Waals surface area contributed by atoms with E-state index in [4.69, 9.17) is 4.74 Å². The number of thioether (sulfide) groups is 1. The Balaban J connectivity index is 1.62. The number of hydrogen-bond donors (Lipinski definition) is 1. The Kier molecular flexibility index (Phi) is 6.83. The highest BCUT2D eigenvalue weighted by Gasteiger charge is 2.23. The SMILES string of the molecule is COc1ccc([N+](=O)[O-])cc1NC(=O)C(C)Sc1nnc(-c2ccncc2)n1-c1ccccc1. The molecular formula is C23H20N6O4S. The van der Waals surface area contributed by atoms with Crippen LogP contribution in [-0.2, 0) is 4.79 Å². The van der Waals surface area contributed by atoms with E-state index in [0.717, 1.165) is 11.3 Å². The number of carbonyl (C=O) groups excluding carboxylic acids is 1. The summed E-state index contributed by atoms with van der Waals surface area (Å²) in [7, 11) is 1.43. The van der Waals surface area contributed by atoms with Crippen LogP contribution in [0.3, 0.4) is 0 Å². The number of nitrogens with zero attached hydrogens (tertiary/aromatic N) is 5. The number of nitro benzene ring substituents is 1. The third kappa shape index (κ3) is 4.89. The molecule has 0 saturated carbocycles. The van der Waals surface area contributed by atoms with Crippen LogP contribution in [0.5, 0.6) is 5.75 Å². The predicted molar refractivity (Wildman–Crippen MR) is 128 cm³/mol. The van der Waals surface area contributed by atoms with E-state index in [1.165, 1.54) is 37.1 Å². The number of rotatable bonds is 8. The van der Waals surface area contributed by atoms with Gasteiger partial charge in [0.05, 0.1) is 23.0 Å². The van der Waals surface area contributed by atoms with Crippen molar-refractivity contribution in [1.29, 1.82) is 0 Å². The average molecular weight is 477 g/mol. The number of aromatic nitrogens is 4. The summed E-state index contributed by atoms with van der Waals surface area (Å²) in [5, 5.41) is 22.5. The smallest absolute Gasteiger partial charge is 0.271 e. The molecule has 0 bridgehead atoms. The van der Waals surface area contributed by atoms with Gasteiger partial charge in [0.15, 0.2) is 11.0 Å². The first-order chi connectivity index (χ1) is 16.5. The molecule has 2 aromatic carbocycles. The van der Waals surface area contributed by atoms with Crippen molar-refractivity contribution < 1.29 is 14.5 Å². The number of nitrogens with one attached hydrogen (secondary N) is 1. The number of benzene rings is 2. The zero-order valence-electron chi connectivity index (χ0n) is 18.3. The third-order valence-corrected chi connectivity index (χ3v) is 5.93. The molecule has 0 aliphatic heterocycles. The summed E-state index contributed by atoms with van der Waals surface area (Å²) in [5.74, 6) is 0.574. The lowest BCUT2D eigenvalue weighted by atomic mass is 10.2. The lowest BCUT2D eigenvalue weighted by Crippen LogP contribution is -2.23. The summed E-state index contributed by atoms with van der Waals surface area (Å²) in [5.41, 5.74) is 1.74. The number of methoxy groups -OCH3 is 1. The summed E-state index contributed by atoms with van der Waals surface area (Å²) >= 11 is 1.22. The number of carbonyl (C=O) groups is 1. The Labute approximate surface area is 199 Å². The molecule has 0 radical (unpaired) electrons. The second-order valence-electron chi connectivity index (χ2n) is 7.10. The van der Waals surface area contributed by atoms with Gasteiger partial charge in [0.1, 0.15) is 5.75 Å². The van der Waals surface area contributed by atoms with E-state index in [9.17, 15) is 14.9 Å². The molecule has 2 heterocycles. The van der Waals surface area contributed by atoms with Crippen LogP contribution in [-0.4, -0.2) is 42.9 Å². The van der Waals surface area contributed by atoms with Gasteiger partial charge in [0.25, 0.3) is 5.69 Å². The third-order valence-electron chi connectivity index (χ3n) is 4.89. The summed E-state index contributed by atoms with van der Waals surface area (Å²) in [6, 6.07) is 17.3. The molecular weight excluding hydrogens is 456 g/mol. The second-order valence-corrected chi connectivity index (χ2v) is 8.41. The van der Waals surface area contributed by atoms with Crippen molar-refractivity contribution in [3.8, 4) is 22.8 Å². The quantitative estimate of drug-likeness (QED) is 0.226. The first kappa shape index (κ1) is 22.9. The molecule has 34 heavy (non-hydrogen) atoms. The zero-order chi connectivity index (χ0) is 24.1. The van der Waals surface area contributed by atoms with Gasteiger partial charge in [0.2, 0.25) is 5.91 Å². The fourth-order valence-electron chi connectivity index (χ4n) is 3.20. The van der Waals surface area contributed by atoms with Crippen LogP contribution in [0.1, 0.15) is 6.92 Å². The first-order valence-electron chi connectivity index (χ1n) is 10.2. The average Bonchev–Trinajstić information content (AvgIpc) is 3.28. The van der Waals surface area contributed by atoms with Crippen LogP contribution >= 0.6 is 11.8 Å². The first-order valence-corrected chi connectivity index (χ1v) is 11.1. The Morgan fingerprint density at radius 3 is 2.53 bits per heavy atom. The maximum Gasteiger partial charge on any atom is 0.271 e. The van der Waals surface area contributed by atoms with Crippen LogP contribution in [0, 0.1) is 10.1 Å². The van der Waals surface area contributed by atoms with Gasteiger partial charge in [-0.3, -0.25) is 24.5 Å². The van der Waals surface area contributed by atoms with E-state index in [2.05, 4.69) is 20.5 Å². The molecule has 0 aliphatic rings. The maximum atomic E-state index is 13.0. The second kappa shape index (κ2) is 10.1. The molecule has 0 saturated heterocycles. The van der Waals surface area contributed by atoms with Crippen molar-refractivity contribution >= 4 is 29.0 Å². The van der Waals surface area contributed by atoms with E-state index in [1.807, 2.05) is 47.0 Å². The lowest BCUT2D eigenvalue weighted by molar-refractivity contribution is -0.384. The van der Waals surface area contributed by atoms with E-state index >= 15 is 0 Å². The highest BCUT2D eigenvalue weighted by Crippen LogP contribution is 2.32. The van der Waals surface area contributed by atoms with Crippen molar-refractivity contribution in [2.75, 3.05) is 12.4 Å². The Morgan fingerprint density at radius 2 is 1.85 bits per heavy atom. The van der Waals surface area contributed by atoms with Crippen LogP contribution in [0.2, 0.25) is 0 Å². The maximum absolute atomic E-state index is 13.0. The van der Waals surface area contributed by atoms with Gasteiger partial charge in [-0.2, -0.15) is 0 Å². The van der Waals surface area contributed by atoms with Crippen molar-refractivity contribution in [3.05, 3.63) is 83.2 Å². The van der Waals surface area contributed by atoms with Crippen molar-refractivity contribution in [3.63, 3.8) is 0 Å². The number of para-hydroxylation sites is 1. The Bertz CT molecular complexity index is 1310. The number of anilines is 1. The standard InChI is InChI=1S/C23H20N6O4S/c1-15(22(30)25-19-14-18(29(31)32)8-9-20(19)33-2)34-23-27-26-21(16-10-12-24-13-11-16)28(23)17-6-4-3-5-7-17/h3-15H,1-2H3,(H,25,30). The Hall–Kier alpha value is -4.25. The fourth-order valence-corrected chi connectivity index (χ4v) is 4.06. The number of ether oxygens (including phenoxy) is 1. The van der Waals surface area contributed by atoms with Crippen LogP contribution in [0.25, 0.3) is 17.1 Å². The van der Waals surface area contributed by atoms with Crippen molar-refractivity contribution in [2.45, 2.75) is 17.3 Å². The van der Waals surface area contributed by atoms with Gasteiger partial charge < -0.3 is 10.1 Å². The highest BCUT2D eigenvalue weighted by molar-refractivity contribution is 8.00. The van der Waals surface area contributed by atoms with Gasteiger partial charge in [-0.1, -0.05) is 30.0 Å². The molecule has 0 spiro atoms. The molecule has 1 unspecified atom stereocenters. The minimum absolute atomic E-state index is 0.151. The molecule has 10 nitrogen and oxygen atoms in total. The molecule has 4 rings (SSSR count). The zero-order valence-corrected chi connectivity index (χ0v) is 19.1. The minimum Gasteiger partial charge on any atom is -0.495 e. The van der Waals surface area contributed by atoms with Gasteiger partial charge in [-0.05, 0) is 37.3 Å². The number of hydrogen-bond acceptors (Lipinski definition) is 8. The predicted octanol–water partition coefficient (Wildman–Crippen LogP) is 4.37. The van der Waals surface area contributed by atoms with E-state index < -0.39 is 10.2 Å². The molecule has 11 heteroatoms. The fraction of sp³-hybridized carbons (Fsp3) is 0.130. The number of pyridine rings is 1. The molecule has 1 amide bonds. The largest absolute Gasteiger partial charge is 0.495 e. The minimum atomic E-state index is -0.596. The van der Waals surface area contributed by atoms with Gasteiger partial charge in [-0.25, -0.2) is 0 Å². The van der Waals surface area contributed by atoms with Crippen LogP contribution < -0.4 is 10.1 Å². The van der Waals surface area contributed by atoms with Crippen molar-refractivity contribution in [2.24, 2.45) is 0 Å². The van der Waals surface area contributed by atoms with Gasteiger partial charge >= 0.3 is 0 Å². The number of amides is 1. The summed E-state index contributed by atoms with van der Waals surface area (Å²) in [6.45, 7) is 1.72. The molecule has 1 atom stereocenters. The van der Waals surface area contributed by atoms with Crippen LogP contribution in [0.4, 0.5) is 11.4 Å². The summed E-state index contributed by atoms with van der Waals surface area (Å²) < 4.78 is 7.11. The lowest BCUT2D eigenvalue weighted by Gasteiger charge is -2.15. The number of non-ortho nitro benzene ring substituents is 1. The number of nitro groups is 1. The molecule has 172 valence electrons. The van der Waals surface area contributed by atoms with E-state index in [1.54, 1.807) is 19.3 Å². The highest BCUT2D eigenvalue weighted by atomic mass is 32.2. The van der Waals surface area contributed by atoms with Gasteiger partial charge in [-0.15, -0.1) is 10.2 Å². The topological polar surface area (TPSA) is 125 Å².